The minimum Gasteiger partial charge on any atom is -0.292 e. The second kappa shape index (κ2) is 7.26. The highest BCUT2D eigenvalue weighted by Gasteiger charge is 2.15. The SMILES string of the molecule is Cc1cc(C)c(C(=O)Cn2nc(-c3cccc(Cl)c3)ccc2=O)c(C)c1. The maximum atomic E-state index is 12.8. The van der Waals surface area contributed by atoms with E-state index >= 15 is 0 Å². The molecule has 4 nitrogen and oxygen atoms in total. The van der Waals surface area contributed by atoms with Crippen LogP contribution in [-0.2, 0) is 6.54 Å². The second-order valence-corrected chi connectivity index (χ2v) is 6.86. The van der Waals surface area contributed by atoms with E-state index < -0.39 is 0 Å². The fourth-order valence-electron chi connectivity index (χ4n) is 3.20. The molecular weight excluding hydrogens is 348 g/mol. The topological polar surface area (TPSA) is 52.0 Å². The summed E-state index contributed by atoms with van der Waals surface area (Å²) in [5, 5.41) is 4.94. The fraction of sp³-hybridized carbons (Fsp3) is 0.190. The number of Topliss-reactive ketones (excluding diaryl/α,β-unsaturated/α-hetero) is 1. The van der Waals surface area contributed by atoms with Crippen molar-refractivity contribution in [3.05, 3.63) is 86.2 Å². The minimum atomic E-state index is -0.313. The number of carbonyl (C=O) groups excluding carboxylic acids is 1. The van der Waals surface area contributed by atoms with Crippen molar-refractivity contribution in [2.75, 3.05) is 0 Å². The number of carbonyl (C=O) groups is 1. The van der Waals surface area contributed by atoms with Gasteiger partial charge in [-0.3, -0.25) is 9.59 Å². The van der Waals surface area contributed by atoms with Gasteiger partial charge < -0.3 is 0 Å². The lowest BCUT2D eigenvalue weighted by atomic mass is 9.96. The Morgan fingerprint density at radius 1 is 1.04 bits per heavy atom. The van der Waals surface area contributed by atoms with Gasteiger partial charge in [-0.05, 0) is 50.1 Å². The van der Waals surface area contributed by atoms with Crippen molar-refractivity contribution < 1.29 is 4.79 Å². The van der Waals surface area contributed by atoms with Crippen molar-refractivity contribution in [2.24, 2.45) is 0 Å². The summed E-state index contributed by atoms with van der Waals surface area (Å²) in [6.07, 6.45) is 0. The summed E-state index contributed by atoms with van der Waals surface area (Å²) in [4.78, 5) is 25.0. The molecule has 5 heteroatoms. The van der Waals surface area contributed by atoms with Crippen LogP contribution in [0.4, 0.5) is 0 Å². The van der Waals surface area contributed by atoms with E-state index in [1.807, 2.05) is 45.0 Å². The predicted octanol–water partition coefficient (Wildman–Crippen LogP) is 4.37. The Labute approximate surface area is 157 Å². The first-order chi connectivity index (χ1) is 12.3. The largest absolute Gasteiger partial charge is 0.292 e. The first-order valence-electron chi connectivity index (χ1n) is 8.30. The van der Waals surface area contributed by atoms with Gasteiger partial charge in [-0.1, -0.05) is 41.4 Å². The Balaban J connectivity index is 1.97. The highest BCUT2D eigenvalue weighted by Crippen LogP contribution is 2.20. The Hall–Kier alpha value is -2.72. The Bertz CT molecular complexity index is 1030. The molecule has 0 aliphatic carbocycles. The molecule has 132 valence electrons. The molecule has 0 fully saturated rings. The number of halogens is 1. The van der Waals surface area contributed by atoms with Crippen LogP contribution in [0.5, 0.6) is 0 Å². The lowest BCUT2D eigenvalue weighted by molar-refractivity contribution is 0.0964. The van der Waals surface area contributed by atoms with Gasteiger partial charge in [-0.15, -0.1) is 0 Å². The monoisotopic (exact) mass is 366 g/mol. The average Bonchev–Trinajstić information content (AvgIpc) is 2.56. The molecule has 2 aromatic carbocycles. The van der Waals surface area contributed by atoms with Crippen LogP contribution in [0.2, 0.25) is 5.02 Å². The van der Waals surface area contributed by atoms with Crippen molar-refractivity contribution in [3.8, 4) is 11.3 Å². The maximum Gasteiger partial charge on any atom is 0.267 e. The summed E-state index contributed by atoms with van der Waals surface area (Å²) >= 11 is 6.03. The summed E-state index contributed by atoms with van der Waals surface area (Å²) in [5.41, 5.74) is 4.65. The average molecular weight is 367 g/mol. The van der Waals surface area contributed by atoms with Crippen molar-refractivity contribution in [1.29, 1.82) is 0 Å². The fourth-order valence-corrected chi connectivity index (χ4v) is 3.39. The number of nitrogens with zero attached hydrogens (tertiary/aromatic N) is 2. The molecule has 0 aliphatic heterocycles. The number of hydrogen-bond acceptors (Lipinski definition) is 3. The van der Waals surface area contributed by atoms with Gasteiger partial charge in [0.1, 0.15) is 6.54 Å². The van der Waals surface area contributed by atoms with Crippen molar-refractivity contribution in [1.82, 2.24) is 9.78 Å². The van der Waals surface area contributed by atoms with Crippen LogP contribution in [0.1, 0.15) is 27.0 Å². The molecule has 1 aromatic heterocycles. The molecule has 3 rings (SSSR count). The first-order valence-corrected chi connectivity index (χ1v) is 8.68. The van der Waals surface area contributed by atoms with E-state index in [9.17, 15) is 9.59 Å². The van der Waals surface area contributed by atoms with E-state index in [1.54, 1.807) is 18.2 Å². The number of aromatic nitrogens is 2. The number of hydrogen-bond donors (Lipinski definition) is 0. The van der Waals surface area contributed by atoms with E-state index in [-0.39, 0.29) is 17.9 Å². The zero-order chi connectivity index (χ0) is 18.8. The molecule has 0 saturated carbocycles. The number of ketones is 1. The van der Waals surface area contributed by atoms with Gasteiger partial charge in [0.15, 0.2) is 5.78 Å². The zero-order valence-electron chi connectivity index (χ0n) is 14.9. The smallest absolute Gasteiger partial charge is 0.267 e. The Kier molecular flexibility index (Phi) is 5.05. The standard InChI is InChI=1S/C21H19ClN2O2/c1-13-9-14(2)21(15(3)10-13)19(25)12-24-20(26)8-7-18(23-24)16-5-4-6-17(22)11-16/h4-11H,12H2,1-3H3. The first kappa shape index (κ1) is 18.1. The van der Waals surface area contributed by atoms with Crippen LogP contribution in [0.25, 0.3) is 11.3 Å². The molecule has 1 heterocycles. The van der Waals surface area contributed by atoms with Gasteiger partial charge in [0.05, 0.1) is 5.69 Å². The van der Waals surface area contributed by atoms with Gasteiger partial charge in [0.2, 0.25) is 0 Å². The van der Waals surface area contributed by atoms with Gasteiger partial charge in [-0.2, -0.15) is 5.10 Å². The zero-order valence-corrected chi connectivity index (χ0v) is 15.7. The molecule has 3 aromatic rings. The third kappa shape index (κ3) is 3.75. The predicted molar refractivity (Wildman–Crippen MR) is 104 cm³/mol. The molecule has 26 heavy (non-hydrogen) atoms. The molecule has 0 aliphatic rings. The molecular formula is C21H19ClN2O2. The van der Waals surface area contributed by atoms with Gasteiger partial charge in [0.25, 0.3) is 5.56 Å². The summed E-state index contributed by atoms with van der Waals surface area (Å²) in [6, 6.07) is 14.2. The summed E-state index contributed by atoms with van der Waals surface area (Å²) in [6.45, 7) is 5.71. The van der Waals surface area contributed by atoms with E-state index in [1.165, 1.54) is 10.7 Å². The highest BCUT2D eigenvalue weighted by molar-refractivity contribution is 6.30. The van der Waals surface area contributed by atoms with Gasteiger partial charge in [0, 0.05) is 22.2 Å². The third-order valence-corrected chi connectivity index (χ3v) is 4.47. The van der Waals surface area contributed by atoms with Gasteiger partial charge >= 0.3 is 0 Å². The van der Waals surface area contributed by atoms with Crippen LogP contribution in [-0.4, -0.2) is 15.6 Å². The van der Waals surface area contributed by atoms with Crippen LogP contribution in [0, 0.1) is 20.8 Å². The molecule has 0 amide bonds. The molecule has 0 N–H and O–H groups in total. The van der Waals surface area contributed by atoms with E-state index in [0.717, 1.165) is 22.3 Å². The number of aryl methyl sites for hydroxylation is 3. The van der Waals surface area contributed by atoms with Gasteiger partial charge in [-0.25, -0.2) is 4.68 Å². The molecule has 0 saturated heterocycles. The second-order valence-electron chi connectivity index (χ2n) is 6.42. The summed E-state index contributed by atoms with van der Waals surface area (Å²) < 4.78 is 1.21. The van der Waals surface area contributed by atoms with Crippen molar-refractivity contribution >= 4 is 17.4 Å². The Morgan fingerprint density at radius 3 is 2.38 bits per heavy atom. The number of rotatable bonds is 4. The highest BCUT2D eigenvalue weighted by atomic mass is 35.5. The van der Waals surface area contributed by atoms with Crippen molar-refractivity contribution in [3.63, 3.8) is 0 Å². The summed E-state index contributed by atoms with van der Waals surface area (Å²) in [5.74, 6) is -0.127. The minimum absolute atomic E-state index is 0.0992. The normalized spacial score (nSPS) is 10.8. The van der Waals surface area contributed by atoms with Crippen LogP contribution in [0.15, 0.2) is 53.3 Å². The Morgan fingerprint density at radius 2 is 1.73 bits per heavy atom. The lowest BCUT2D eigenvalue weighted by Gasteiger charge is -2.12. The summed E-state index contributed by atoms with van der Waals surface area (Å²) in [7, 11) is 0. The quantitative estimate of drug-likeness (QED) is 0.644. The van der Waals surface area contributed by atoms with Crippen LogP contribution >= 0.6 is 11.6 Å². The third-order valence-electron chi connectivity index (χ3n) is 4.24. The maximum absolute atomic E-state index is 12.8. The van der Waals surface area contributed by atoms with Crippen molar-refractivity contribution in [2.45, 2.75) is 27.3 Å². The van der Waals surface area contributed by atoms with E-state index in [2.05, 4.69) is 5.10 Å². The molecule has 0 bridgehead atoms. The lowest BCUT2D eigenvalue weighted by Crippen LogP contribution is -2.27. The van der Waals surface area contributed by atoms with Crippen LogP contribution < -0.4 is 5.56 Å². The molecule has 0 atom stereocenters. The van der Waals surface area contributed by atoms with E-state index in [0.29, 0.717) is 16.3 Å². The molecule has 0 spiro atoms. The molecule has 0 radical (unpaired) electrons. The number of benzene rings is 2. The van der Waals surface area contributed by atoms with Crippen LogP contribution in [0.3, 0.4) is 0 Å². The molecule has 0 unspecified atom stereocenters. The van der Waals surface area contributed by atoms with E-state index in [4.69, 9.17) is 11.6 Å².